The molecule has 0 unspecified atom stereocenters. The molecule has 124 valence electrons. The fourth-order valence-corrected chi connectivity index (χ4v) is 2.93. The average molecular weight is 325 g/mol. The van der Waals surface area contributed by atoms with E-state index in [-0.39, 0.29) is 11.9 Å². The second-order valence-electron chi connectivity index (χ2n) is 5.84. The van der Waals surface area contributed by atoms with Crippen molar-refractivity contribution in [1.29, 1.82) is 0 Å². The maximum absolute atomic E-state index is 12.6. The molecule has 4 rings (SSSR count). The second-order valence-corrected chi connectivity index (χ2v) is 5.84. The van der Waals surface area contributed by atoms with Crippen LogP contribution in [0.3, 0.4) is 0 Å². The van der Waals surface area contributed by atoms with E-state index in [0.29, 0.717) is 18.0 Å². The molecule has 24 heavy (non-hydrogen) atoms. The van der Waals surface area contributed by atoms with Crippen molar-refractivity contribution >= 4 is 11.7 Å². The first-order valence-corrected chi connectivity index (χ1v) is 8.12. The minimum absolute atomic E-state index is 0.170. The molecule has 3 aromatic rings. The van der Waals surface area contributed by atoms with Gasteiger partial charge in [-0.1, -0.05) is 6.92 Å². The largest absolute Gasteiger partial charge is 0.342 e. The Bertz CT molecular complexity index is 825. The second kappa shape index (κ2) is 6.04. The minimum atomic E-state index is -0.172. The Labute approximate surface area is 138 Å². The van der Waals surface area contributed by atoms with E-state index in [0.717, 1.165) is 31.0 Å². The zero-order chi connectivity index (χ0) is 16.5. The Morgan fingerprint density at radius 3 is 3.12 bits per heavy atom. The summed E-state index contributed by atoms with van der Waals surface area (Å²) in [6.07, 6.45) is 8.06. The van der Waals surface area contributed by atoms with Crippen molar-refractivity contribution in [2.45, 2.75) is 32.5 Å². The van der Waals surface area contributed by atoms with Crippen molar-refractivity contribution in [2.24, 2.45) is 0 Å². The highest BCUT2D eigenvalue weighted by atomic mass is 16.2. The highest BCUT2D eigenvalue weighted by Crippen LogP contribution is 2.17. The van der Waals surface area contributed by atoms with Crippen molar-refractivity contribution in [2.75, 3.05) is 6.54 Å². The van der Waals surface area contributed by atoms with Crippen molar-refractivity contribution in [1.82, 2.24) is 34.6 Å². The van der Waals surface area contributed by atoms with Crippen molar-refractivity contribution in [3.05, 3.63) is 48.1 Å². The quantitative estimate of drug-likeness (QED) is 0.744. The zero-order valence-corrected chi connectivity index (χ0v) is 13.4. The van der Waals surface area contributed by atoms with Crippen LogP contribution in [0.25, 0.3) is 5.78 Å². The molecule has 8 heteroatoms. The zero-order valence-electron chi connectivity index (χ0n) is 13.4. The SMILES string of the molecule is CC[C@@H](NC(=O)c1cn2c(n1)CNCC2)c1cn2cccnc2n1. The molecule has 3 aromatic heterocycles. The number of nitrogens with zero attached hydrogens (tertiary/aromatic N) is 5. The molecule has 0 bridgehead atoms. The van der Waals surface area contributed by atoms with Gasteiger partial charge in [-0.3, -0.25) is 9.20 Å². The van der Waals surface area contributed by atoms with Crippen LogP contribution in [0.4, 0.5) is 0 Å². The summed E-state index contributed by atoms with van der Waals surface area (Å²) in [5, 5.41) is 6.28. The van der Waals surface area contributed by atoms with Crippen molar-refractivity contribution in [3.8, 4) is 0 Å². The lowest BCUT2D eigenvalue weighted by Crippen LogP contribution is -2.28. The molecular weight excluding hydrogens is 306 g/mol. The van der Waals surface area contributed by atoms with Gasteiger partial charge in [0.15, 0.2) is 0 Å². The Morgan fingerprint density at radius 1 is 1.42 bits per heavy atom. The fraction of sp³-hybridized carbons (Fsp3) is 0.375. The van der Waals surface area contributed by atoms with Crippen LogP contribution in [0.5, 0.6) is 0 Å². The van der Waals surface area contributed by atoms with E-state index < -0.39 is 0 Å². The predicted octanol–water partition coefficient (Wildman–Crippen LogP) is 0.910. The molecule has 0 spiro atoms. The molecule has 8 nitrogen and oxygen atoms in total. The Balaban J connectivity index is 1.55. The van der Waals surface area contributed by atoms with Gasteiger partial charge < -0.3 is 15.2 Å². The molecular formula is C16H19N7O. The third kappa shape index (κ3) is 2.65. The van der Waals surface area contributed by atoms with Gasteiger partial charge in [0, 0.05) is 37.9 Å². The number of hydrogen-bond acceptors (Lipinski definition) is 5. The van der Waals surface area contributed by atoms with E-state index in [2.05, 4.69) is 25.6 Å². The Hall–Kier alpha value is -2.74. The van der Waals surface area contributed by atoms with Crippen LogP contribution in [0.1, 0.15) is 41.4 Å². The lowest BCUT2D eigenvalue weighted by molar-refractivity contribution is 0.0930. The highest BCUT2D eigenvalue weighted by molar-refractivity contribution is 5.92. The summed E-state index contributed by atoms with van der Waals surface area (Å²) in [7, 11) is 0. The maximum atomic E-state index is 12.6. The maximum Gasteiger partial charge on any atom is 0.272 e. The first kappa shape index (κ1) is 14.8. The number of carbonyl (C=O) groups excluding carboxylic acids is 1. The van der Waals surface area contributed by atoms with Crippen LogP contribution >= 0.6 is 0 Å². The number of amides is 1. The average Bonchev–Trinajstić information content (AvgIpc) is 3.23. The number of hydrogen-bond donors (Lipinski definition) is 2. The predicted molar refractivity (Wildman–Crippen MR) is 87.4 cm³/mol. The number of fused-ring (bicyclic) bond motifs is 2. The third-order valence-electron chi connectivity index (χ3n) is 4.23. The van der Waals surface area contributed by atoms with Crippen LogP contribution in [0.2, 0.25) is 0 Å². The van der Waals surface area contributed by atoms with Gasteiger partial charge in [0.2, 0.25) is 5.78 Å². The molecule has 0 radical (unpaired) electrons. The molecule has 1 aliphatic rings. The number of aromatic nitrogens is 5. The molecule has 1 atom stereocenters. The van der Waals surface area contributed by atoms with Gasteiger partial charge in [0.1, 0.15) is 11.5 Å². The Morgan fingerprint density at radius 2 is 2.33 bits per heavy atom. The van der Waals surface area contributed by atoms with E-state index in [1.807, 2.05) is 40.5 Å². The fourth-order valence-electron chi connectivity index (χ4n) is 2.93. The summed E-state index contributed by atoms with van der Waals surface area (Å²) < 4.78 is 3.88. The molecule has 0 aliphatic carbocycles. The van der Waals surface area contributed by atoms with Crippen LogP contribution in [-0.4, -0.2) is 36.4 Å². The smallest absolute Gasteiger partial charge is 0.272 e. The Kier molecular flexibility index (Phi) is 3.73. The van der Waals surface area contributed by atoms with Gasteiger partial charge in [0.05, 0.1) is 18.3 Å². The van der Waals surface area contributed by atoms with Crippen molar-refractivity contribution < 1.29 is 4.79 Å². The normalized spacial score (nSPS) is 15.2. The molecule has 1 amide bonds. The number of nitrogens with one attached hydrogen (secondary N) is 2. The molecule has 0 saturated heterocycles. The molecule has 0 saturated carbocycles. The molecule has 1 aliphatic heterocycles. The first-order chi connectivity index (χ1) is 11.7. The van der Waals surface area contributed by atoms with Crippen LogP contribution in [0.15, 0.2) is 30.9 Å². The monoisotopic (exact) mass is 325 g/mol. The number of rotatable bonds is 4. The topological polar surface area (TPSA) is 89.1 Å². The summed E-state index contributed by atoms with van der Waals surface area (Å²) in [4.78, 5) is 25.7. The summed E-state index contributed by atoms with van der Waals surface area (Å²) in [6.45, 7) is 4.45. The first-order valence-electron chi connectivity index (χ1n) is 8.12. The number of imidazole rings is 2. The van der Waals surface area contributed by atoms with Gasteiger partial charge in [-0.25, -0.2) is 15.0 Å². The molecule has 2 N–H and O–H groups in total. The van der Waals surface area contributed by atoms with Gasteiger partial charge in [-0.2, -0.15) is 0 Å². The minimum Gasteiger partial charge on any atom is -0.342 e. The van der Waals surface area contributed by atoms with E-state index in [9.17, 15) is 4.79 Å². The van der Waals surface area contributed by atoms with E-state index in [1.165, 1.54) is 0 Å². The van der Waals surface area contributed by atoms with Gasteiger partial charge in [0.25, 0.3) is 5.91 Å². The third-order valence-corrected chi connectivity index (χ3v) is 4.23. The van der Waals surface area contributed by atoms with Gasteiger partial charge in [-0.15, -0.1) is 0 Å². The van der Waals surface area contributed by atoms with Gasteiger partial charge >= 0.3 is 0 Å². The van der Waals surface area contributed by atoms with E-state index >= 15 is 0 Å². The standard InChI is InChI=1S/C16H19N7O/c1-2-11(12-9-23-6-3-4-18-16(23)21-12)20-15(24)13-10-22-7-5-17-8-14(22)19-13/h3-4,6,9-11,17H,2,5,7-8H2,1H3,(H,20,24)/t11-/m1/s1. The summed E-state index contributed by atoms with van der Waals surface area (Å²) >= 11 is 0. The lowest BCUT2D eigenvalue weighted by Gasteiger charge is -2.13. The summed E-state index contributed by atoms with van der Waals surface area (Å²) in [5.74, 6) is 1.36. The number of carbonyl (C=O) groups is 1. The van der Waals surface area contributed by atoms with E-state index in [4.69, 9.17) is 0 Å². The van der Waals surface area contributed by atoms with E-state index in [1.54, 1.807) is 6.20 Å². The van der Waals surface area contributed by atoms with Gasteiger partial charge in [-0.05, 0) is 12.5 Å². The van der Waals surface area contributed by atoms with Crippen LogP contribution < -0.4 is 10.6 Å². The van der Waals surface area contributed by atoms with Crippen molar-refractivity contribution in [3.63, 3.8) is 0 Å². The highest BCUT2D eigenvalue weighted by Gasteiger charge is 2.21. The summed E-state index contributed by atoms with van der Waals surface area (Å²) in [5.41, 5.74) is 1.25. The summed E-state index contributed by atoms with van der Waals surface area (Å²) in [6, 6.07) is 1.68. The molecule has 0 fully saturated rings. The van der Waals surface area contributed by atoms with Crippen LogP contribution in [-0.2, 0) is 13.1 Å². The lowest BCUT2D eigenvalue weighted by atomic mass is 10.1. The molecule has 0 aromatic carbocycles. The van der Waals surface area contributed by atoms with Crippen LogP contribution in [0, 0.1) is 0 Å². The molecule has 4 heterocycles.